The van der Waals surface area contributed by atoms with Gasteiger partial charge in [-0.15, -0.1) is 0 Å². The van der Waals surface area contributed by atoms with Crippen LogP contribution in [0, 0.1) is 5.92 Å². The summed E-state index contributed by atoms with van der Waals surface area (Å²) in [6, 6.07) is 16.8. The maximum atomic E-state index is 12.3. The molecule has 0 bridgehead atoms. The fourth-order valence-corrected chi connectivity index (χ4v) is 4.88. The van der Waals surface area contributed by atoms with Crippen molar-refractivity contribution in [2.24, 2.45) is 5.92 Å². The van der Waals surface area contributed by atoms with Crippen molar-refractivity contribution < 1.29 is 4.79 Å². The van der Waals surface area contributed by atoms with Crippen LogP contribution < -0.4 is 20.9 Å². The van der Waals surface area contributed by atoms with Gasteiger partial charge in [0.25, 0.3) is 0 Å². The van der Waals surface area contributed by atoms with E-state index < -0.39 is 0 Å². The fourth-order valence-electron chi connectivity index (χ4n) is 4.58. The molecule has 6 heteroatoms. The number of amides is 2. The molecule has 0 aromatic heterocycles. The van der Waals surface area contributed by atoms with E-state index in [4.69, 9.17) is 11.6 Å². The Labute approximate surface area is 197 Å². The van der Waals surface area contributed by atoms with Gasteiger partial charge in [0, 0.05) is 31.4 Å². The lowest BCUT2D eigenvalue weighted by Gasteiger charge is -2.30. The van der Waals surface area contributed by atoms with E-state index in [1.807, 2.05) is 18.2 Å². The average molecular weight is 457 g/mol. The molecule has 32 heavy (non-hydrogen) atoms. The van der Waals surface area contributed by atoms with Crippen molar-refractivity contribution >= 4 is 29.0 Å². The number of piperidine rings is 1. The van der Waals surface area contributed by atoms with Gasteiger partial charge >= 0.3 is 6.03 Å². The Morgan fingerprint density at radius 2 is 1.94 bits per heavy atom. The molecule has 2 amide bonds. The molecule has 1 heterocycles. The zero-order chi connectivity index (χ0) is 22.8. The number of nitrogens with zero attached hydrogens (tertiary/aromatic N) is 1. The molecule has 1 aliphatic heterocycles. The average Bonchev–Trinajstić information content (AvgIpc) is 2.80. The quantitative estimate of drug-likeness (QED) is 0.402. The molecule has 0 aliphatic carbocycles. The molecule has 0 saturated carbocycles. The second-order valence-electron chi connectivity index (χ2n) is 8.59. The van der Waals surface area contributed by atoms with Gasteiger partial charge in [0.1, 0.15) is 0 Å². The number of nitrogens with one attached hydrogen (secondary N) is 3. The maximum Gasteiger partial charge on any atom is 0.319 e. The Morgan fingerprint density at radius 3 is 2.66 bits per heavy atom. The van der Waals surface area contributed by atoms with Crippen LogP contribution in [0.2, 0.25) is 5.02 Å². The number of benzene rings is 2. The van der Waals surface area contributed by atoms with Crippen LogP contribution in [-0.4, -0.2) is 38.3 Å². The van der Waals surface area contributed by atoms with Gasteiger partial charge in [-0.25, -0.2) is 4.79 Å². The van der Waals surface area contributed by atoms with Crippen LogP contribution in [0.25, 0.3) is 0 Å². The van der Waals surface area contributed by atoms with Crippen LogP contribution in [0.3, 0.4) is 0 Å². The number of urea groups is 1. The Balaban J connectivity index is 1.36. The molecule has 3 rings (SSSR count). The number of hydrogen-bond acceptors (Lipinski definition) is 3. The molecular formula is C26H37ClN4O. The largest absolute Gasteiger partial charge is 0.371 e. The van der Waals surface area contributed by atoms with E-state index in [1.54, 1.807) is 0 Å². The Hall–Kier alpha value is -2.24. The van der Waals surface area contributed by atoms with Gasteiger partial charge in [-0.3, -0.25) is 0 Å². The highest BCUT2D eigenvalue weighted by atomic mass is 35.5. The second kappa shape index (κ2) is 12.7. The SMILES string of the molecule is CCN(CC)c1ccc(NC(=O)NCCC[C@H]2C[C@H](Cc3ccccc3)CCN2)cc1Cl. The number of rotatable bonds is 10. The maximum absolute atomic E-state index is 12.3. The third-order valence-electron chi connectivity index (χ3n) is 6.30. The minimum Gasteiger partial charge on any atom is -0.371 e. The van der Waals surface area contributed by atoms with Crippen LogP contribution in [-0.2, 0) is 6.42 Å². The van der Waals surface area contributed by atoms with Crippen molar-refractivity contribution in [2.75, 3.05) is 36.4 Å². The van der Waals surface area contributed by atoms with Crippen molar-refractivity contribution in [2.45, 2.75) is 52.0 Å². The lowest BCUT2D eigenvalue weighted by Crippen LogP contribution is -2.39. The number of carbonyl (C=O) groups is 1. The first-order valence-corrected chi connectivity index (χ1v) is 12.3. The molecule has 0 spiro atoms. The van der Waals surface area contributed by atoms with Gasteiger partial charge in [-0.2, -0.15) is 0 Å². The molecule has 5 nitrogen and oxygen atoms in total. The van der Waals surface area contributed by atoms with Gasteiger partial charge in [0.15, 0.2) is 0 Å². The highest BCUT2D eigenvalue weighted by Crippen LogP contribution is 2.28. The van der Waals surface area contributed by atoms with E-state index >= 15 is 0 Å². The topological polar surface area (TPSA) is 56.4 Å². The van der Waals surface area contributed by atoms with Crippen LogP contribution in [0.4, 0.5) is 16.2 Å². The van der Waals surface area contributed by atoms with Crippen molar-refractivity contribution in [3.05, 3.63) is 59.1 Å². The summed E-state index contributed by atoms with van der Waals surface area (Å²) in [5.74, 6) is 0.740. The molecular weight excluding hydrogens is 420 g/mol. The van der Waals surface area contributed by atoms with E-state index in [1.165, 1.54) is 18.4 Å². The summed E-state index contributed by atoms with van der Waals surface area (Å²) in [6.07, 6.45) is 5.65. The summed E-state index contributed by atoms with van der Waals surface area (Å²) in [5, 5.41) is 10.2. The molecule has 2 atom stereocenters. The Kier molecular flexibility index (Phi) is 9.69. The van der Waals surface area contributed by atoms with E-state index in [0.717, 1.165) is 50.5 Å². The van der Waals surface area contributed by atoms with Gasteiger partial charge in [0.2, 0.25) is 0 Å². The van der Waals surface area contributed by atoms with Crippen molar-refractivity contribution in [3.63, 3.8) is 0 Å². The number of anilines is 2. The summed E-state index contributed by atoms with van der Waals surface area (Å²) in [6.45, 7) is 7.75. The third-order valence-corrected chi connectivity index (χ3v) is 6.60. The molecule has 2 aromatic carbocycles. The molecule has 0 radical (unpaired) electrons. The van der Waals surface area contributed by atoms with Gasteiger partial charge in [0.05, 0.1) is 10.7 Å². The van der Waals surface area contributed by atoms with Crippen LogP contribution >= 0.6 is 11.6 Å². The number of hydrogen-bond donors (Lipinski definition) is 3. The van der Waals surface area contributed by atoms with Crippen LogP contribution in [0.15, 0.2) is 48.5 Å². The Bertz CT molecular complexity index is 841. The standard InChI is InChI=1S/C26H37ClN4O/c1-3-31(4-2)25-13-12-23(19-24(25)27)30-26(32)29-15-8-11-22-18-21(14-16-28-22)17-20-9-6-5-7-10-20/h5-7,9-10,12-13,19,21-22,28H,3-4,8,11,14-18H2,1-2H3,(H2,29,30,32)/t21-,22-/m0/s1. The summed E-state index contributed by atoms with van der Waals surface area (Å²) < 4.78 is 0. The zero-order valence-electron chi connectivity index (χ0n) is 19.4. The molecule has 2 aromatic rings. The first-order chi connectivity index (χ1) is 15.6. The summed E-state index contributed by atoms with van der Waals surface area (Å²) in [5.41, 5.74) is 3.14. The second-order valence-corrected chi connectivity index (χ2v) is 9.00. The number of carbonyl (C=O) groups excluding carboxylic acids is 1. The van der Waals surface area contributed by atoms with E-state index in [-0.39, 0.29) is 6.03 Å². The predicted molar refractivity (Wildman–Crippen MR) is 136 cm³/mol. The highest BCUT2D eigenvalue weighted by Gasteiger charge is 2.21. The lowest BCUT2D eigenvalue weighted by atomic mass is 9.86. The van der Waals surface area contributed by atoms with Crippen molar-refractivity contribution in [3.8, 4) is 0 Å². The van der Waals surface area contributed by atoms with Crippen LogP contribution in [0.5, 0.6) is 0 Å². The third kappa shape index (κ3) is 7.42. The lowest BCUT2D eigenvalue weighted by molar-refractivity contribution is 0.250. The fraction of sp³-hybridized carbons (Fsp3) is 0.500. The van der Waals surface area contributed by atoms with Crippen molar-refractivity contribution in [1.29, 1.82) is 0 Å². The van der Waals surface area contributed by atoms with E-state index in [2.05, 4.69) is 65.0 Å². The highest BCUT2D eigenvalue weighted by molar-refractivity contribution is 6.33. The van der Waals surface area contributed by atoms with E-state index in [9.17, 15) is 4.79 Å². The molecule has 174 valence electrons. The smallest absolute Gasteiger partial charge is 0.319 e. The first kappa shape index (κ1) is 24.4. The summed E-state index contributed by atoms with van der Waals surface area (Å²) >= 11 is 6.42. The van der Waals surface area contributed by atoms with E-state index in [0.29, 0.717) is 23.3 Å². The van der Waals surface area contributed by atoms with Gasteiger partial charge in [-0.05, 0) is 82.2 Å². The first-order valence-electron chi connectivity index (χ1n) is 12.0. The molecule has 1 aliphatic rings. The molecule has 1 saturated heterocycles. The molecule has 1 fully saturated rings. The minimum absolute atomic E-state index is 0.185. The predicted octanol–water partition coefficient (Wildman–Crippen LogP) is 5.70. The zero-order valence-corrected chi connectivity index (χ0v) is 20.1. The van der Waals surface area contributed by atoms with Gasteiger partial charge in [-0.1, -0.05) is 41.9 Å². The van der Waals surface area contributed by atoms with Gasteiger partial charge < -0.3 is 20.9 Å². The molecule has 3 N–H and O–H groups in total. The van der Waals surface area contributed by atoms with Crippen LogP contribution in [0.1, 0.15) is 45.1 Å². The normalized spacial score (nSPS) is 18.2. The summed E-state index contributed by atoms with van der Waals surface area (Å²) in [7, 11) is 0. The summed E-state index contributed by atoms with van der Waals surface area (Å²) in [4.78, 5) is 14.5. The number of halogens is 1. The molecule has 0 unspecified atom stereocenters. The minimum atomic E-state index is -0.185. The Morgan fingerprint density at radius 1 is 1.16 bits per heavy atom. The monoisotopic (exact) mass is 456 g/mol. The van der Waals surface area contributed by atoms with Crippen molar-refractivity contribution in [1.82, 2.24) is 10.6 Å².